The van der Waals surface area contributed by atoms with Gasteiger partial charge in [-0.3, -0.25) is 0 Å². The first-order valence-corrected chi connectivity index (χ1v) is 3.77. The third kappa shape index (κ3) is 6.13. The predicted octanol–water partition coefficient (Wildman–Crippen LogP) is 2.02. The number of hydrogen-bond donors (Lipinski definition) is 1. The van der Waals surface area contributed by atoms with Gasteiger partial charge in [0, 0.05) is 5.88 Å². The average molecular weight is 151 g/mol. The van der Waals surface area contributed by atoms with Crippen LogP contribution >= 0.6 is 11.6 Å². The van der Waals surface area contributed by atoms with Crippen molar-refractivity contribution in [2.75, 3.05) is 5.88 Å². The zero-order chi connectivity index (χ0) is 7.49. The van der Waals surface area contributed by atoms with Crippen LogP contribution in [-0.4, -0.2) is 16.6 Å². The van der Waals surface area contributed by atoms with E-state index in [4.69, 9.17) is 11.6 Å². The molecule has 0 aliphatic heterocycles. The van der Waals surface area contributed by atoms with Gasteiger partial charge in [0.1, 0.15) is 0 Å². The monoisotopic (exact) mass is 150 g/mol. The van der Waals surface area contributed by atoms with Gasteiger partial charge in [-0.05, 0) is 26.2 Å². The maximum atomic E-state index is 9.26. The number of hydrogen-bond acceptors (Lipinski definition) is 1. The summed E-state index contributed by atoms with van der Waals surface area (Å²) in [7, 11) is 0. The third-order valence-corrected chi connectivity index (χ3v) is 1.64. The van der Waals surface area contributed by atoms with Crippen LogP contribution in [0.5, 0.6) is 0 Å². The highest BCUT2D eigenvalue weighted by molar-refractivity contribution is 6.18. The van der Waals surface area contributed by atoms with Gasteiger partial charge in [0.2, 0.25) is 0 Å². The van der Waals surface area contributed by atoms with Crippen LogP contribution in [0.4, 0.5) is 0 Å². The molecule has 0 saturated carbocycles. The van der Waals surface area contributed by atoms with Crippen molar-refractivity contribution in [3.8, 4) is 0 Å². The Bertz CT molecular complexity index is 75.5. The highest BCUT2D eigenvalue weighted by Crippen LogP contribution is 2.15. The van der Waals surface area contributed by atoms with E-state index in [1.165, 1.54) is 0 Å². The molecular weight excluding hydrogens is 136 g/mol. The van der Waals surface area contributed by atoms with Crippen molar-refractivity contribution in [1.29, 1.82) is 0 Å². The Morgan fingerprint density at radius 1 is 1.56 bits per heavy atom. The highest BCUT2D eigenvalue weighted by Gasteiger charge is 2.15. The van der Waals surface area contributed by atoms with E-state index >= 15 is 0 Å². The fraction of sp³-hybridized carbons (Fsp3) is 1.00. The lowest BCUT2D eigenvalue weighted by molar-refractivity contribution is 0.0583. The van der Waals surface area contributed by atoms with Gasteiger partial charge in [-0.2, -0.15) is 0 Å². The van der Waals surface area contributed by atoms with E-state index < -0.39 is 5.60 Å². The largest absolute Gasteiger partial charge is 0.390 e. The van der Waals surface area contributed by atoms with Crippen molar-refractivity contribution in [3.63, 3.8) is 0 Å². The summed E-state index contributed by atoms with van der Waals surface area (Å²) < 4.78 is 0. The SMILES string of the molecule is CC(CCl)CC(C)(C)O. The Labute approximate surface area is 62.0 Å². The molecule has 0 aliphatic carbocycles. The van der Waals surface area contributed by atoms with Gasteiger partial charge in [-0.25, -0.2) is 0 Å². The van der Waals surface area contributed by atoms with Crippen LogP contribution in [0.15, 0.2) is 0 Å². The molecule has 1 N–H and O–H groups in total. The molecule has 0 aliphatic rings. The van der Waals surface area contributed by atoms with Crippen LogP contribution in [-0.2, 0) is 0 Å². The second-order valence-corrected chi connectivity index (χ2v) is 3.58. The maximum Gasteiger partial charge on any atom is 0.0594 e. The van der Waals surface area contributed by atoms with Gasteiger partial charge < -0.3 is 5.11 Å². The standard InChI is InChI=1S/C7H15ClO/c1-6(5-8)4-7(2,3)9/h6,9H,4-5H2,1-3H3. The Hall–Kier alpha value is 0.250. The van der Waals surface area contributed by atoms with E-state index in [1.807, 2.05) is 6.92 Å². The quantitative estimate of drug-likeness (QED) is 0.611. The smallest absolute Gasteiger partial charge is 0.0594 e. The first-order chi connectivity index (χ1) is 3.95. The lowest BCUT2D eigenvalue weighted by atomic mass is 9.96. The molecule has 0 aromatic heterocycles. The molecule has 0 heterocycles. The van der Waals surface area contributed by atoms with Gasteiger partial charge >= 0.3 is 0 Å². The molecule has 0 saturated heterocycles. The van der Waals surface area contributed by atoms with E-state index in [1.54, 1.807) is 13.8 Å². The van der Waals surface area contributed by atoms with Crippen LogP contribution in [0, 0.1) is 5.92 Å². The normalized spacial score (nSPS) is 15.7. The summed E-state index contributed by atoms with van der Waals surface area (Å²) in [6.45, 7) is 5.64. The maximum absolute atomic E-state index is 9.26. The second-order valence-electron chi connectivity index (χ2n) is 3.28. The van der Waals surface area contributed by atoms with E-state index in [9.17, 15) is 5.11 Å². The van der Waals surface area contributed by atoms with Crippen LogP contribution in [0.1, 0.15) is 27.2 Å². The molecular formula is C7H15ClO. The molecule has 9 heavy (non-hydrogen) atoms. The minimum atomic E-state index is -0.561. The summed E-state index contributed by atoms with van der Waals surface area (Å²) in [5.74, 6) is 1.04. The molecule has 2 heteroatoms. The number of alkyl halides is 1. The molecule has 0 radical (unpaired) electrons. The lowest BCUT2D eigenvalue weighted by Crippen LogP contribution is -2.22. The topological polar surface area (TPSA) is 20.2 Å². The van der Waals surface area contributed by atoms with Gasteiger partial charge in [-0.1, -0.05) is 6.92 Å². The van der Waals surface area contributed by atoms with Gasteiger partial charge in [0.15, 0.2) is 0 Å². The number of halogens is 1. The minimum absolute atomic E-state index is 0.409. The number of rotatable bonds is 3. The molecule has 0 amide bonds. The van der Waals surface area contributed by atoms with Crippen LogP contribution < -0.4 is 0 Å². The zero-order valence-electron chi connectivity index (χ0n) is 6.32. The first kappa shape index (κ1) is 9.25. The molecule has 0 spiro atoms. The third-order valence-electron chi connectivity index (χ3n) is 1.11. The molecule has 0 aromatic carbocycles. The summed E-state index contributed by atoms with van der Waals surface area (Å²) in [6, 6.07) is 0. The minimum Gasteiger partial charge on any atom is -0.390 e. The first-order valence-electron chi connectivity index (χ1n) is 3.24. The zero-order valence-corrected chi connectivity index (χ0v) is 7.07. The molecule has 56 valence electrons. The fourth-order valence-electron chi connectivity index (χ4n) is 0.907. The summed E-state index contributed by atoms with van der Waals surface area (Å²) >= 11 is 5.55. The Morgan fingerprint density at radius 2 is 2.00 bits per heavy atom. The summed E-state index contributed by atoms with van der Waals surface area (Å²) in [5.41, 5.74) is -0.561. The molecule has 0 aromatic rings. The van der Waals surface area contributed by atoms with Crippen molar-refractivity contribution in [2.24, 2.45) is 5.92 Å². The van der Waals surface area contributed by atoms with Crippen LogP contribution in [0.3, 0.4) is 0 Å². The molecule has 1 nitrogen and oxygen atoms in total. The summed E-state index contributed by atoms with van der Waals surface area (Å²) in [4.78, 5) is 0. The van der Waals surface area contributed by atoms with Gasteiger partial charge in [0.05, 0.1) is 5.60 Å². The lowest BCUT2D eigenvalue weighted by Gasteiger charge is -2.20. The average Bonchev–Trinajstić information content (AvgIpc) is 1.62. The second kappa shape index (κ2) is 3.43. The fourth-order valence-corrected chi connectivity index (χ4v) is 1.02. The van der Waals surface area contributed by atoms with Crippen molar-refractivity contribution >= 4 is 11.6 Å². The van der Waals surface area contributed by atoms with Crippen molar-refractivity contribution < 1.29 is 5.11 Å². The van der Waals surface area contributed by atoms with E-state index in [0.717, 1.165) is 6.42 Å². The van der Waals surface area contributed by atoms with Gasteiger partial charge in [-0.15, -0.1) is 11.6 Å². The molecule has 0 bridgehead atoms. The van der Waals surface area contributed by atoms with Crippen LogP contribution in [0.2, 0.25) is 0 Å². The van der Waals surface area contributed by atoms with E-state index in [-0.39, 0.29) is 0 Å². The Morgan fingerprint density at radius 3 is 2.11 bits per heavy atom. The number of aliphatic hydroxyl groups is 1. The molecule has 1 atom stereocenters. The van der Waals surface area contributed by atoms with E-state index in [2.05, 4.69) is 0 Å². The molecule has 0 fully saturated rings. The molecule has 1 unspecified atom stereocenters. The molecule has 0 rings (SSSR count). The van der Waals surface area contributed by atoms with E-state index in [0.29, 0.717) is 11.8 Å². The van der Waals surface area contributed by atoms with Crippen molar-refractivity contribution in [3.05, 3.63) is 0 Å². The predicted molar refractivity (Wildman–Crippen MR) is 40.8 cm³/mol. The van der Waals surface area contributed by atoms with Gasteiger partial charge in [0.25, 0.3) is 0 Å². The Kier molecular flexibility index (Phi) is 3.52. The van der Waals surface area contributed by atoms with Crippen molar-refractivity contribution in [1.82, 2.24) is 0 Å². The highest BCUT2D eigenvalue weighted by atomic mass is 35.5. The summed E-state index contributed by atoms with van der Waals surface area (Å²) in [6.07, 6.45) is 0.774. The summed E-state index contributed by atoms with van der Waals surface area (Å²) in [5, 5.41) is 9.26. The van der Waals surface area contributed by atoms with Crippen molar-refractivity contribution in [2.45, 2.75) is 32.8 Å². The van der Waals surface area contributed by atoms with Crippen LogP contribution in [0.25, 0.3) is 0 Å². The Balaban J connectivity index is 3.47.